The van der Waals surface area contributed by atoms with E-state index >= 15 is 0 Å². The van der Waals surface area contributed by atoms with Crippen LogP contribution in [0.4, 0.5) is 5.69 Å². The van der Waals surface area contributed by atoms with Crippen LogP contribution in [0.5, 0.6) is 0 Å². The Morgan fingerprint density at radius 2 is 2.15 bits per heavy atom. The molecule has 0 aliphatic rings. The molecule has 1 heterocycles. The molecule has 0 aromatic carbocycles. The Balaban J connectivity index is 2.20. The van der Waals surface area contributed by atoms with Gasteiger partial charge in [-0.2, -0.15) is 11.8 Å². The number of thioether (sulfide) groups is 1. The molecular formula is C10H16N2S. The molecule has 1 aromatic rings. The van der Waals surface area contributed by atoms with Crippen LogP contribution in [0.15, 0.2) is 24.5 Å². The standard InChI is InChI=1S/C10H16N2S/c1-9(13-2)3-8-12-10-4-6-11-7-5-10/h4-7,9H,3,8H2,1-2H3,(H,11,12). The second kappa shape index (κ2) is 5.86. The first-order chi connectivity index (χ1) is 6.33. The van der Waals surface area contributed by atoms with Gasteiger partial charge in [-0.25, -0.2) is 0 Å². The zero-order valence-corrected chi connectivity index (χ0v) is 8.97. The lowest BCUT2D eigenvalue weighted by Crippen LogP contribution is -2.07. The normalized spacial score (nSPS) is 12.5. The second-order valence-corrected chi connectivity index (χ2v) is 4.27. The highest BCUT2D eigenvalue weighted by atomic mass is 32.2. The molecule has 1 atom stereocenters. The molecule has 0 bridgehead atoms. The Morgan fingerprint density at radius 3 is 2.77 bits per heavy atom. The average molecular weight is 196 g/mol. The molecule has 0 saturated carbocycles. The molecule has 1 rings (SSSR count). The fourth-order valence-electron chi connectivity index (χ4n) is 1.01. The van der Waals surface area contributed by atoms with Gasteiger partial charge in [0.05, 0.1) is 0 Å². The summed E-state index contributed by atoms with van der Waals surface area (Å²) in [6, 6.07) is 3.98. The molecule has 13 heavy (non-hydrogen) atoms. The molecule has 0 fully saturated rings. The minimum Gasteiger partial charge on any atom is -0.385 e. The summed E-state index contributed by atoms with van der Waals surface area (Å²) < 4.78 is 0. The highest BCUT2D eigenvalue weighted by molar-refractivity contribution is 7.99. The van der Waals surface area contributed by atoms with Crippen LogP contribution in [0, 0.1) is 0 Å². The van der Waals surface area contributed by atoms with Gasteiger partial charge in [-0.15, -0.1) is 0 Å². The maximum Gasteiger partial charge on any atom is 0.0371 e. The number of pyridine rings is 1. The number of hydrogen-bond acceptors (Lipinski definition) is 3. The first kappa shape index (κ1) is 10.4. The fourth-order valence-corrected chi connectivity index (χ4v) is 1.36. The summed E-state index contributed by atoms with van der Waals surface area (Å²) >= 11 is 1.91. The molecule has 1 aromatic heterocycles. The predicted octanol–water partition coefficient (Wildman–Crippen LogP) is 2.64. The Morgan fingerprint density at radius 1 is 1.46 bits per heavy atom. The van der Waals surface area contributed by atoms with Crippen LogP contribution >= 0.6 is 11.8 Å². The van der Waals surface area contributed by atoms with Crippen LogP contribution in [0.1, 0.15) is 13.3 Å². The summed E-state index contributed by atoms with van der Waals surface area (Å²) in [5.74, 6) is 0. The van der Waals surface area contributed by atoms with E-state index in [2.05, 4.69) is 23.5 Å². The molecule has 1 unspecified atom stereocenters. The van der Waals surface area contributed by atoms with E-state index in [0.717, 1.165) is 17.5 Å². The van der Waals surface area contributed by atoms with E-state index in [1.165, 1.54) is 6.42 Å². The summed E-state index contributed by atoms with van der Waals surface area (Å²) in [5, 5.41) is 4.09. The van der Waals surface area contributed by atoms with Gasteiger partial charge in [-0.3, -0.25) is 4.98 Å². The Kier molecular flexibility index (Phi) is 4.68. The molecule has 0 aliphatic carbocycles. The van der Waals surface area contributed by atoms with Gasteiger partial charge in [0.15, 0.2) is 0 Å². The largest absolute Gasteiger partial charge is 0.385 e. The fraction of sp³-hybridized carbons (Fsp3) is 0.500. The molecule has 3 heteroatoms. The van der Waals surface area contributed by atoms with Crippen molar-refractivity contribution in [3.63, 3.8) is 0 Å². The molecule has 72 valence electrons. The van der Waals surface area contributed by atoms with Crippen molar-refractivity contribution in [3.8, 4) is 0 Å². The lowest BCUT2D eigenvalue weighted by molar-refractivity contribution is 0.853. The SMILES string of the molecule is CSC(C)CCNc1ccncc1. The predicted molar refractivity (Wildman–Crippen MR) is 60.3 cm³/mol. The molecule has 0 radical (unpaired) electrons. The van der Waals surface area contributed by atoms with E-state index < -0.39 is 0 Å². The lowest BCUT2D eigenvalue weighted by atomic mass is 10.3. The van der Waals surface area contributed by atoms with E-state index in [1.807, 2.05) is 23.9 Å². The molecule has 0 saturated heterocycles. The topological polar surface area (TPSA) is 24.9 Å². The van der Waals surface area contributed by atoms with Crippen molar-refractivity contribution in [2.75, 3.05) is 18.1 Å². The number of anilines is 1. The van der Waals surface area contributed by atoms with Gasteiger partial charge < -0.3 is 5.32 Å². The van der Waals surface area contributed by atoms with Gasteiger partial charge in [-0.1, -0.05) is 6.92 Å². The van der Waals surface area contributed by atoms with Crippen LogP contribution in [-0.2, 0) is 0 Å². The van der Waals surface area contributed by atoms with Gasteiger partial charge in [0, 0.05) is 29.9 Å². The van der Waals surface area contributed by atoms with E-state index in [0.29, 0.717) is 0 Å². The van der Waals surface area contributed by atoms with Crippen LogP contribution < -0.4 is 5.32 Å². The molecule has 0 aliphatic heterocycles. The third-order valence-corrected chi connectivity index (χ3v) is 3.00. The van der Waals surface area contributed by atoms with Crippen LogP contribution in [0.3, 0.4) is 0 Å². The highest BCUT2D eigenvalue weighted by Gasteiger charge is 1.97. The first-order valence-electron chi connectivity index (χ1n) is 4.49. The number of aromatic nitrogens is 1. The van der Waals surface area contributed by atoms with Crippen molar-refractivity contribution in [3.05, 3.63) is 24.5 Å². The van der Waals surface area contributed by atoms with E-state index in [-0.39, 0.29) is 0 Å². The van der Waals surface area contributed by atoms with Crippen molar-refractivity contribution in [2.24, 2.45) is 0 Å². The average Bonchev–Trinajstić information content (AvgIpc) is 2.19. The zero-order chi connectivity index (χ0) is 9.52. The summed E-state index contributed by atoms with van der Waals surface area (Å²) in [5.41, 5.74) is 1.16. The summed E-state index contributed by atoms with van der Waals surface area (Å²) in [6.07, 6.45) is 6.96. The maximum atomic E-state index is 3.96. The minimum absolute atomic E-state index is 0.731. The first-order valence-corrected chi connectivity index (χ1v) is 5.78. The van der Waals surface area contributed by atoms with Crippen molar-refractivity contribution >= 4 is 17.4 Å². The lowest BCUT2D eigenvalue weighted by Gasteiger charge is -2.09. The third kappa shape index (κ3) is 4.18. The summed E-state index contributed by atoms with van der Waals surface area (Å²) in [4.78, 5) is 3.96. The highest BCUT2D eigenvalue weighted by Crippen LogP contribution is 2.10. The van der Waals surface area contributed by atoms with Crippen molar-refractivity contribution in [1.82, 2.24) is 4.98 Å². The molecule has 1 N–H and O–H groups in total. The number of hydrogen-bond donors (Lipinski definition) is 1. The third-order valence-electron chi connectivity index (χ3n) is 1.96. The smallest absolute Gasteiger partial charge is 0.0371 e. The van der Waals surface area contributed by atoms with E-state index in [9.17, 15) is 0 Å². The van der Waals surface area contributed by atoms with Gasteiger partial charge in [-0.05, 0) is 24.8 Å². The van der Waals surface area contributed by atoms with Gasteiger partial charge in [0.2, 0.25) is 0 Å². The molecule has 0 amide bonds. The van der Waals surface area contributed by atoms with Gasteiger partial charge >= 0.3 is 0 Å². The van der Waals surface area contributed by atoms with E-state index in [4.69, 9.17) is 0 Å². The van der Waals surface area contributed by atoms with Gasteiger partial charge in [0.25, 0.3) is 0 Å². The quantitative estimate of drug-likeness (QED) is 0.783. The maximum absolute atomic E-state index is 3.96. The minimum atomic E-state index is 0.731. The zero-order valence-electron chi connectivity index (χ0n) is 8.16. The monoisotopic (exact) mass is 196 g/mol. The second-order valence-electron chi connectivity index (χ2n) is 3.00. The Bertz CT molecular complexity index is 226. The van der Waals surface area contributed by atoms with Crippen molar-refractivity contribution < 1.29 is 0 Å². The van der Waals surface area contributed by atoms with Crippen LogP contribution in [0.25, 0.3) is 0 Å². The summed E-state index contributed by atoms with van der Waals surface area (Å²) in [7, 11) is 0. The summed E-state index contributed by atoms with van der Waals surface area (Å²) in [6.45, 7) is 3.28. The Hall–Kier alpha value is -0.700. The molecule has 2 nitrogen and oxygen atoms in total. The number of nitrogens with one attached hydrogen (secondary N) is 1. The van der Waals surface area contributed by atoms with Gasteiger partial charge in [0.1, 0.15) is 0 Å². The molecule has 0 spiro atoms. The number of rotatable bonds is 5. The van der Waals surface area contributed by atoms with Crippen LogP contribution in [-0.4, -0.2) is 23.0 Å². The van der Waals surface area contributed by atoms with E-state index in [1.54, 1.807) is 12.4 Å². The van der Waals surface area contributed by atoms with Crippen molar-refractivity contribution in [2.45, 2.75) is 18.6 Å². The van der Waals surface area contributed by atoms with Crippen LogP contribution in [0.2, 0.25) is 0 Å². The number of nitrogens with zero attached hydrogens (tertiary/aromatic N) is 1. The molecular weight excluding hydrogens is 180 g/mol. The Labute approximate surface area is 84.1 Å². The van der Waals surface area contributed by atoms with Crippen molar-refractivity contribution in [1.29, 1.82) is 0 Å².